The van der Waals surface area contributed by atoms with Crippen LogP contribution in [0.25, 0.3) is 0 Å². The molecule has 2 bridgehead atoms. The van der Waals surface area contributed by atoms with Crippen LogP contribution in [-0.4, -0.2) is 42.6 Å². The molecular weight excluding hydrogens is 332 g/mol. The summed E-state index contributed by atoms with van der Waals surface area (Å²) in [7, 11) is 0. The molecule has 1 aromatic carbocycles. The van der Waals surface area contributed by atoms with Gasteiger partial charge in [0.1, 0.15) is 0 Å². The number of halogens is 1. The maximum absolute atomic E-state index is 6.16. The van der Waals surface area contributed by atoms with E-state index in [-0.39, 0.29) is 11.0 Å². The third kappa shape index (κ3) is 2.12. The van der Waals surface area contributed by atoms with Crippen LogP contribution in [0.4, 0.5) is 0 Å². The highest BCUT2D eigenvalue weighted by atomic mass is 35.5. The summed E-state index contributed by atoms with van der Waals surface area (Å²) < 4.78 is 5.53. The van der Waals surface area contributed by atoms with E-state index in [1.165, 1.54) is 17.8 Å². The lowest BCUT2D eigenvalue weighted by molar-refractivity contribution is 0.0674. The van der Waals surface area contributed by atoms with E-state index in [2.05, 4.69) is 36.1 Å². The predicted octanol–water partition coefficient (Wildman–Crippen LogP) is 4.07. The van der Waals surface area contributed by atoms with Gasteiger partial charge in [0, 0.05) is 35.9 Å². The minimum atomic E-state index is 0.00782. The van der Waals surface area contributed by atoms with Crippen LogP contribution in [0.1, 0.15) is 31.7 Å². The number of allylic oxidation sites excluding steroid dienone is 1. The molecule has 25 heavy (non-hydrogen) atoms. The lowest BCUT2D eigenvalue weighted by Gasteiger charge is -2.46. The second-order valence-electron chi connectivity index (χ2n) is 8.09. The number of hydrogen-bond acceptors (Lipinski definition) is 3. The molecule has 1 aromatic rings. The average molecular weight is 357 g/mol. The first kappa shape index (κ1) is 15.9. The zero-order chi connectivity index (χ0) is 17.1. The first-order valence-electron chi connectivity index (χ1n) is 9.49. The molecule has 4 unspecified atom stereocenters. The van der Waals surface area contributed by atoms with Gasteiger partial charge in [-0.15, -0.1) is 0 Å². The number of morpholine rings is 1. The fraction of sp³-hybridized carbons (Fsp3) is 0.571. The van der Waals surface area contributed by atoms with Crippen LogP contribution in [0.5, 0.6) is 0 Å². The van der Waals surface area contributed by atoms with Gasteiger partial charge < -0.3 is 9.64 Å². The Morgan fingerprint density at radius 2 is 1.84 bits per heavy atom. The number of rotatable bonds is 1. The van der Waals surface area contributed by atoms with Gasteiger partial charge in [0.05, 0.1) is 24.6 Å². The van der Waals surface area contributed by atoms with E-state index in [0.717, 1.165) is 44.2 Å². The van der Waals surface area contributed by atoms with Gasteiger partial charge in [0.2, 0.25) is 0 Å². The molecule has 4 atom stereocenters. The van der Waals surface area contributed by atoms with Crippen molar-refractivity contribution in [2.45, 2.75) is 37.1 Å². The largest absolute Gasteiger partial charge is 0.378 e. The molecule has 0 N–H and O–H groups in total. The van der Waals surface area contributed by atoms with Gasteiger partial charge in [-0.25, -0.2) is 0 Å². The Labute approximate surface area is 154 Å². The third-order valence-corrected chi connectivity index (χ3v) is 7.47. The molecule has 0 aromatic heterocycles. The molecule has 4 aliphatic rings. The Hall–Kier alpha value is -1.32. The maximum Gasteiger partial charge on any atom is 0.0999 e. The molecular formula is C21H25ClN2O. The van der Waals surface area contributed by atoms with Crippen molar-refractivity contribution in [3.8, 4) is 0 Å². The standard InChI is InChI=1S/C21H25ClN2O/c1-20(15-4-6-18(22)7-5-15)16-2-3-17(14-16)21(20)9-8-19(23-21)24-10-12-25-13-11-24/h2-7,16-17H,8-14H2,1H3. The van der Waals surface area contributed by atoms with Crippen LogP contribution < -0.4 is 0 Å². The summed E-state index contributed by atoms with van der Waals surface area (Å²) in [6.07, 6.45) is 8.37. The molecule has 2 aliphatic heterocycles. The molecule has 0 radical (unpaired) electrons. The van der Waals surface area contributed by atoms with Crippen LogP contribution in [0.2, 0.25) is 5.02 Å². The molecule has 132 valence electrons. The number of fused-ring (bicyclic) bond motifs is 3. The maximum atomic E-state index is 6.16. The lowest BCUT2D eigenvalue weighted by atomic mass is 9.60. The molecule has 4 heteroatoms. The highest BCUT2D eigenvalue weighted by Gasteiger charge is 2.65. The van der Waals surface area contributed by atoms with E-state index >= 15 is 0 Å². The van der Waals surface area contributed by atoms with Crippen LogP contribution >= 0.6 is 11.6 Å². The van der Waals surface area contributed by atoms with Crippen molar-refractivity contribution >= 4 is 17.4 Å². The van der Waals surface area contributed by atoms with Gasteiger partial charge in [-0.2, -0.15) is 0 Å². The second-order valence-corrected chi connectivity index (χ2v) is 8.53. The molecule has 2 aliphatic carbocycles. The molecule has 5 rings (SSSR count). The van der Waals surface area contributed by atoms with Crippen molar-refractivity contribution in [1.82, 2.24) is 4.90 Å². The van der Waals surface area contributed by atoms with Crippen LogP contribution in [-0.2, 0) is 10.2 Å². The fourth-order valence-corrected chi connectivity index (χ4v) is 5.91. The van der Waals surface area contributed by atoms with Crippen molar-refractivity contribution in [2.75, 3.05) is 26.3 Å². The highest BCUT2D eigenvalue weighted by molar-refractivity contribution is 6.30. The minimum Gasteiger partial charge on any atom is -0.378 e. The van der Waals surface area contributed by atoms with Crippen molar-refractivity contribution in [1.29, 1.82) is 0 Å². The van der Waals surface area contributed by atoms with E-state index < -0.39 is 0 Å². The monoisotopic (exact) mass is 356 g/mol. The number of hydrogen-bond donors (Lipinski definition) is 0. The summed E-state index contributed by atoms with van der Waals surface area (Å²) in [6, 6.07) is 8.52. The fourth-order valence-electron chi connectivity index (χ4n) is 5.79. The Balaban J connectivity index is 1.58. The Bertz CT molecular complexity index is 737. The van der Waals surface area contributed by atoms with Gasteiger partial charge in [-0.1, -0.05) is 42.8 Å². The number of ether oxygens (including phenoxy) is 1. The first-order chi connectivity index (χ1) is 12.1. The molecule has 0 amide bonds. The lowest BCUT2D eigenvalue weighted by Crippen LogP contribution is -2.50. The minimum absolute atomic E-state index is 0.00782. The van der Waals surface area contributed by atoms with E-state index in [9.17, 15) is 0 Å². The summed E-state index contributed by atoms with van der Waals surface area (Å²) in [5.74, 6) is 2.45. The Kier molecular flexibility index (Phi) is 3.55. The van der Waals surface area contributed by atoms with Gasteiger partial charge in [0.15, 0.2) is 0 Å². The van der Waals surface area contributed by atoms with E-state index in [0.29, 0.717) is 11.8 Å². The summed E-state index contributed by atoms with van der Waals surface area (Å²) >= 11 is 6.16. The number of amidine groups is 1. The molecule has 2 heterocycles. The number of nitrogens with zero attached hydrogens (tertiary/aromatic N) is 2. The zero-order valence-electron chi connectivity index (χ0n) is 14.7. The zero-order valence-corrected chi connectivity index (χ0v) is 15.5. The Morgan fingerprint density at radius 1 is 1.12 bits per heavy atom. The van der Waals surface area contributed by atoms with E-state index in [4.69, 9.17) is 21.3 Å². The van der Waals surface area contributed by atoms with Crippen LogP contribution in [0, 0.1) is 11.8 Å². The summed E-state index contributed by atoms with van der Waals surface area (Å²) in [6.45, 7) is 6.06. The molecule has 1 spiro atoms. The molecule has 1 saturated heterocycles. The molecule has 2 fully saturated rings. The SMILES string of the molecule is CC1(c2ccc(Cl)cc2)C2C=CC(C2)C12CCC(N1CCOCC1)=N2. The smallest absolute Gasteiger partial charge is 0.0999 e. The topological polar surface area (TPSA) is 24.8 Å². The summed E-state index contributed by atoms with van der Waals surface area (Å²) in [5.41, 5.74) is 1.46. The van der Waals surface area contributed by atoms with Crippen molar-refractivity contribution in [3.63, 3.8) is 0 Å². The van der Waals surface area contributed by atoms with Crippen LogP contribution in [0.3, 0.4) is 0 Å². The van der Waals surface area contributed by atoms with Crippen molar-refractivity contribution in [2.24, 2.45) is 16.8 Å². The van der Waals surface area contributed by atoms with Crippen LogP contribution in [0.15, 0.2) is 41.4 Å². The number of benzene rings is 1. The van der Waals surface area contributed by atoms with Crippen molar-refractivity contribution < 1.29 is 4.74 Å². The predicted molar refractivity (Wildman–Crippen MR) is 101 cm³/mol. The summed E-state index contributed by atoms with van der Waals surface area (Å²) in [5, 5.41) is 0.809. The van der Waals surface area contributed by atoms with E-state index in [1.807, 2.05) is 12.1 Å². The second kappa shape index (κ2) is 5.59. The summed E-state index contributed by atoms with van der Waals surface area (Å²) in [4.78, 5) is 7.93. The first-order valence-corrected chi connectivity index (χ1v) is 9.87. The molecule has 3 nitrogen and oxygen atoms in total. The highest BCUT2D eigenvalue weighted by Crippen LogP contribution is 2.64. The Morgan fingerprint density at radius 3 is 2.60 bits per heavy atom. The van der Waals surface area contributed by atoms with Gasteiger partial charge >= 0.3 is 0 Å². The quantitative estimate of drug-likeness (QED) is 0.709. The van der Waals surface area contributed by atoms with Gasteiger partial charge in [0.25, 0.3) is 0 Å². The van der Waals surface area contributed by atoms with Gasteiger partial charge in [-0.05, 0) is 36.5 Å². The third-order valence-electron chi connectivity index (χ3n) is 7.22. The molecule has 1 saturated carbocycles. The normalized spacial score (nSPS) is 39.4. The average Bonchev–Trinajstić information content (AvgIpc) is 3.35. The number of aliphatic imine (C=N–C) groups is 1. The van der Waals surface area contributed by atoms with E-state index in [1.54, 1.807) is 0 Å². The van der Waals surface area contributed by atoms with Gasteiger partial charge in [-0.3, -0.25) is 4.99 Å². The van der Waals surface area contributed by atoms with Crippen molar-refractivity contribution in [3.05, 3.63) is 47.0 Å².